The zero-order valence-corrected chi connectivity index (χ0v) is 8.38. The molecule has 74 valence electrons. The van der Waals surface area contributed by atoms with Crippen molar-refractivity contribution in [2.75, 3.05) is 0 Å². The van der Waals surface area contributed by atoms with E-state index in [-0.39, 0.29) is 5.91 Å². The van der Waals surface area contributed by atoms with Gasteiger partial charge in [-0.15, -0.1) is 0 Å². The van der Waals surface area contributed by atoms with Gasteiger partial charge in [-0.2, -0.15) is 0 Å². The zero-order valence-electron chi connectivity index (χ0n) is 8.38. The smallest absolute Gasteiger partial charge is 0.220 e. The Morgan fingerprint density at radius 2 is 1.92 bits per heavy atom. The van der Waals surface area contributed by atoms with Crippen LogP contribution in [0, 0.1) is 11.8 Å². The Bertz CT molecular complexity index is 196. The molecule has 0 radical (unpaired) electrons. The summed E-state index contributed by atoms with van der Waals surface area (Å²) >= 11 is 0. The molecule has 2 rings (SSSR count). The van der Waals surface area contributed by atoms with Gasteiger partial charge in [0, 0.05) is 12.5 Å². The van der Waals surface area contributed by atoms with E-state index in [1.54, 1.807) is 0 Å². The number of carbonyl (C=O) groups excluding carboxylic acids is 1. The van der Waals surface area contributed by atoms with Crippen molar-refractivity contribution in [2.45, 2.75) is 51.5 Å². The summed E-state index contributed by atoms with van der Waals surface area (Å²) in [6.07, 6.45) is 7.53. The molecule has 2 nitrogen and oxygen atoms in total. The first-order valence-corrected chi connectivity index (χ1v) is 5.57. The second kappa shape index (κ2) is 3.69. The Hall–Kier alpha value is -0.530. The molecule has 1 saturated heterocycles. The number of hydrogen-bond acceptors (Lipinski definition) is 1. The lowest BCUT2D eigenvalue weighted by atomic mass is 9.80. The molecule has 0 bridgehead atoms. The molecule has 1 saturated carbocycles. The second-order valence-electron chi connectivity index (χ2n) is 4.67. The van der Waals surface area contributed by atoms with Crippen LogP contribution in [0.4, 0.5) is 0 Å². The van der Waals surface area contributed by atoms with Crippen molar-refractivity contribution in [1.82, 2.24) is 5.32 Å². The van der Waals surface area contributed by atoms with E-state index in [0.717, 1.165) is 12.3 Å². The Morgan fingerprint density at radius 1 is 1.23 bits per heavy atom. The summed E-state index contributed by atoms with van der Waals surface area (Å²) in [6, 6.07) is 0.493. The summed E-state index contributed by atoms with van der Waals surface area (Å²) in [5, 5.41) is 3.13. The number of amides is 1. The molecule has 0 aromatic rings. The van der Waals surface area contributed by atoms with Crippen molar-refractivity contribution in [2.24, 2.45) is 11.8 Å². The summed E-state index contributed by atoms with van der Waals surface area (Å²) in [5.41, 5.74) is 0. The van der Waals surface area contributed by atoms with Crippen LogP contribution >= 0.6 is 0 Å². The first-order valence-electron chi connectivity index (χ1n) is 5.57. The van der Waals surface area contributed by atoms with Crippen molar-refractivity contribution in [3.8, 4) is 0 Å². The van der Waals surface area contributed by atoms with Gasteiger partial charge in [0.15, 0.2) is 0 Å². The van der Waals surface area contributed by atoms with Crippen LogP contribution in [0.3, 0.4) is 0 Å². The van der Waals surface area contributed by atoms with E-state index < -0.39 is 0 Å². The van der Waals surface area contributed by atoms with Gasteiger partial charge in [-0.05, 0) is 24.7 Å². The van der Waals surface area contributed by atoms with Crippen LogP contribution in [-0.4, -0.2) is 11.9 Å². The Morgan fingerprint density at radius 3 is 2.46 bits per heavy atom. The molecule has 1 amide bonds. The van der Waals surface area contributed by atoms with Gasteiger partial charge in [0.25, 0.3) is 0 Å². The molecule has 2 aliphatic rings. The van der Waals surface area contributed by atoms with Crippen LogP contribution in [0.25, 0.3) is 0 Å². The highest BCUT2D eigenvalue weighted by molar-refractivity contribution is 5.79. The van der Waals surface area contributed by atoms with Crippen molar-refractivity contribution < 1.29 is 4.79 Å². The number of nitrogens with one attached hydrogen (secondary N) is 1. The first kappa shape index (κ1) is 9.04. The number of hydrogen-bond donors (Lipinski definition) is 1. The fourth-order valence-corrected chi connectivity index (χ4v) is 2.88. The summed E-state index contributed by atoms with van der Waals surface area (Å²) in [5.74, 6) is 1.61. The van der Waals surface area contributed by atoms with Crippen molar-refractivity contribution in [3.05, 3.63) is 0 Å². The maximum atomic E-state index is 11.2. The van der Waals surface area contributed by atoms with Crippen LogP contribution < -0.4 is 5.32 Å². The van der Waals surface area contributed by atoms with Gasteiger partial charge >= 0.3 is 0 Å². The lowest BCUT2D eigenvalue weighted by molar-refractivity contribution is -0.119. The fraction of sp³-hybridized carbons (Fsp3) is 0.909. The van der Waals surface area contributed by atoms with E-state index in [1.165, 1.54) is 32.1 Å². The molecule has 1 N–H and O–H groups in total. The van der Waals surface area contributed by atoms with E-state index in [0.29, 0.717) is 12.0 Å². The third kappa shape index (κ3) is 1.87. The highest BCUT2D eigenvalue weighted by Gasteiger charge is 2.34. The van der Waals surface area contributed by atoms with Crippen LogP contribution in [0.15, 0.2) is 0 Å². The topological polar surface area (TPSA) is 29.1 Å². The molecule has 2 heteroatoms. The maximum Gasteiger partial charge on any atom is 0.220 e. The zero-order chi connectivity index (χ0) is 9.26. The van der Waals surface area contributed by atoms with Gasteiger partial charge in [0.1, 0.15) is 0 Å². The average molecular weight is 181 g/mol. The average Bonchev–Trinajstić information content (AvgIpc) is 2.47. The molecule has 1 aliphatic heterocycles. The molecule has 0 aromatic carbocycles. The van der Waals surface area contributed by atoms with E-state index in [9.17, 15) is 4.79 Å². The number of carbonyl (C=O) groups is 1. The van der Waals surface area contributed by atoms with Gasteiger partial charge in [-0.25, -0.2) is 0 Å². The van der Waals surface area contributed by atoms with Crippen LogP contribution in [0.2, 0.25) is 0 Å². The van der Waals surface area contributed by atoms with Gasteiger partial charge in [0.2, 0.25) is 5.91 Å². The van der Waals surface area contributed by atoms with Gasteiger partial charge in [-0.3, -0.25) is 4.79 Å². The monoisotopic (exact) mass is 181 g/mol. The summed E-state index contributed by atoms with van der Waals surface area (Å²) < 4.78 is 0. The van der Waals surface area contributed by atoms with Gasteiger partial charge in [-0.1, -0.05) is 26.2 Å². The minimum Gasteiger partial charge on any atom is -0.353 e. The second-order valence-corrected chi connectivity index (χ2v) is 4.67. The first-order chi connectivity index (χ1) is 6.27. The molecule has 0 spiro atoms. The molecule has 13 heavy (non-hydrogen) atoms. The number of rotatable bonds is 1. The molecule has 0 aromatic heterocycles. The van der Waals surface area contributed by atoms with Crippen LogP contribution in [0.1, 0.15) is 45.4 Å². The maximum absolute atomic E-state index is 11.2. The normalized spacial score (nSPS) is 36.2. The summed E-state index contributed by atoms with van der Waals surface area (Å²) in [6.45, 7) is 2.21. The minimum atomic E-state index is 0.267. The third-order valence-electron chi connectivity index (χ3n) is 3.61. The molecule has 2 atom stereocenters. The van der Waals surface area contributed by atoms with E-state index >= 15 is 0 Å². The van der Waals surface area contributed by atoms with E-state index in [4.69, 9.17) is 0 Å². The van der Waals surface area contributed by atoms with E-state index in [2.05, 4.69) is 12.2 Å². The quantitative estimate of drug-likeness (QED) is 0.659. The predicted octanol–water partition coefficient (Wildman–Crippen LogP) is 2.09. The van der Waals surface area contributed by atoms with Crippen LogP contribution in [0.5, 0.6) is 0 Å². The summed E-state index contributed by atoms with van der Waals surface area (Å²) in [7, 11) is 0. The molecule has 1 aliphatic carbocycles. The largest absolute Gasteiger partial charge is 0.353 e. The molecular weight excluding hydrogens is 162 g/mol. The lowest BCUT2D eigenvalue weighted by Gasteiger charge is -2.29. The highest BCUT2D eigenvalue weighted by atomic mass is 16.2. The van der Waals surface area contributed by atoms with E-state index in [1.807, 2.05) is 0 Å². The SMILES string of the molecule is CC1CC(=O)NC1C1CCCCC1. The third-order valence-corrected chi connectivity index (χ3v) is 3.61. The van der Waals surface area contributed by atoms with Crippen molar-refractivity contribution in [3.63, 3.8) is 0 Å². The standard InChI is InChI=1S/C11H19NO/c1-8-7-10(13)12-11(8)9-5-3-2-4-6-9/h8-9,11H,2-7H2,1H3,(H,12,13). The van der Waals surface area contributed by atoms with Gasteiger partial charge < -0.3 is 5.32 Å². The van der Waals surface area contributed by atoms with Crippen molar-refractivity contribution >= 4 is 5.91 Å². The highest BCUT2D eigenvalue weighted by Crippen LogP contribution is 2.32. The molecule has 1 heterocycles. The molecule has 2 fully saturated rings. The van der Waals surface area contributed by atoms with Crippen LogP contribution in [-0.2, 0) is 4.79 Å². The minimum absolute atomic E-state index is 0.267. The summed E-state index contributed by atoms with van der Waals surface area (Å²) in [4.78, 5) is 11.2. The van der Waals surface area contributed by atoms with Gasteiger partial charge in [0.05, 0.1) is 0 Å². The molecule has 2 unspecified atom stereocenters. The fourth-order valence-electron chi connectivity index (χ4n) is 2.88. The Balaban J connectivity index is 1.95. The Kier molecular flexibility index (Phi) is 2.56. The lowest BCUT2D eigenvalue weighted by Crippen LogP contribution is -2.36. The Labute approximate surface area is 80.1 Å². The molecular formula is C11H19NO. The predicted molar refractivity (Wildman–Crippen MR) is 52.3 cm³/mol. The van der Waals surface area contributed by atoms with Crippen molar-refractivity contribution in [1.29, 1.82) is 0 Å².